The zero-order valence-corrected chi connectivity index (χ0v) is 22.0. The number of hydrogen-bond donors (Lipinski definition) is 1. The second kappa shape index (κ2) is 10.9. The first-order valence-corrected chi connectivity index (χ1v) is 13.5. The lowest BCUT2D eigenvalue weighted by molar-refractivity contribution is -0.121. The molecule has 1 fully saturated rings. The van der Waals surface area contributed by atoms with E-state index in [9.17, 15) is 9.59 Å². The molecule has 2 amide bonds. The van der Waals surface area contributed by atoms with E-state index < -0.39 is 0 Å². The fourth-order valence-electron chi connectivity index (χ4n) is 3.94. The molecule has 0 saturated carbocycles. The van der Waals surface area contributed by atoms with Crippen LogP contribution in [-0.2, 0) is 29.1 Å². The van der Waals surface area contributed by atoms with Crippen LogP contribution in [0.25, 0.3) is 6.08 Å². The highest BCUT2D eigenvalue weighted by molar-refractivity contribution is 8.26. The molecule has 0 atom stereocenters. The summed E-state index contributed by atoms with van der Waals surface area (Å²) in [5, 5.41) is 3.47. The molecule has 2 aliphatic rings. The minimum atomic E-state index is -0.252. The van der Waals surface area contributed by atoms with Gasteiger partial charge in [-0.15, -0.1) is 11.3 Å². The van der Waals surface area contributed by atoms with Gasteiger partial charge in [0.05, 0.1) is 10.6 Å². The van der Waals surface area contributed by atoms with Crippen molar-refractivity contribution in [1.29, 1.82) is 0 Å². The number of thiazole rings is 1. The number of thiocarbonyl (C=S) groups is 1. The number of nitrogens with one attached hydrogen (secondary N) is 1. The Morgan fingerprint density at radius 2 is 1.97 bits per heavy atom. The highest BCUT2D eigenvalue weighted by atomic mass is 32.2. The highest BCUT2D eigenvalue weighted by Crippen LogP contribution is 2.32. The van der Waals surface area contributed by atoms with E-state index in [0.717, 1.165) is 37.3 Å². The van der Waals surface area contributed by atoms with E-state index in [0.29, 0.717) is 20.1 Å². The summed E-state index contributed by atoms with van der Waals surface area (Å²) in [5.41, 5.74) is 3.22. The summed E-state index contributed by atoms with van der Waals surface area (Å²) in [7, 11) is 1.67. The maximum Gasteiger partial charge on any atom is 0.265 e. The smallest absolute Gasteiger partial charge is 0.265 e. The number of anilines is 1. The van der Waals surface area contributed by atoms with Crippen molar-refractivity contribution in [2.24, 2.45) is 0 Å². The van der Waals surface area contributed by atoms with Crippen LogP contribution in [0.3, 0.4) is 0 Å². The first-order chi connectivity index (χ1) is 17.4. The number of likely N-dealkylation sites (N-methyl/N-ethyl adjacent to an activating group) is 1. The van der Waals surface area contributed by atoms with Crippen LogP contribution in [0.1, 0.15) is 21.7 Å². The normalized spacial score (nSPS) is 16.9. The Labute approximate surface area is 223 Å². The fraction of sp³-hybridized carbons (Fsp3) is 0.231. The molecular formula is C26H24N4O3S3. The van der Waals surface area contributed by atoms with Gasteiger partial charge in [-0.1, -0.05) is 66.4 Å². The van der Waals surface area contributed by atoms with Crippen LogP contribution in [0.2, 0.25) is 0 Å². The number of fused-ring (bicyclic) bond motifs is 1. The Morgan fingerprint density at radius 1 is 1.19 bits per heavy atom. The Morgan fingerprint density at radius 3 is 2.69 bits per heavy atom. The van der Waals surface area contributed by atoms with Gasteiger partial charge >= 0.3 is 0 Å². The molecule has 3 heterocycles. The third kappa shape index (κ3) is 5.84. The average Bonchev–Trinajstić information content (AvgIpc) is 3.39. The van der Waals surface area contributed by atoms with Crippen molar-refractivity contribution >= 4 is 62.7 Å². The van der Waals surface area contributed by atoms with Crippen molar-refractivity contribution in [3.05, 3.63) is 81.2 Å². The van der Waals surface area contributed by atoms with E-state index in [4.69, 9.17) is 17.0 Å². The van der Waals surface area contributed by atoms with E-state index in [1.54, 1.807) is 25.3 Å². The summed E-state index contributed by atoms with van der Waals surface area (Å²) in [6, 6.07) is 17.7. The van der Waals surface area contributed by atoms with Gasteiger partial charge in [0.1, 0.15) is 10.1 Å². The monoisotopic (exact) mass is 536 g/mol. The van der Waals surface area contributed by atoms with Crippen molar-refractivity contribution in [3.63, 3.8) is 0 Å². The number of hydrogen-bond acceptors (Lipinski definition) is 8. The molecule has 184 valence electrons. The van der Waals surface area contributed by atoms with Gasteiger partial charge in [-0.2, -0.15) is 0 Å². The third-order valence-corrected chi connectivity index (χ3v) is 8.32. The molecule has 1 N–H and O–H groups in total. The van der Waals surface area contributed by atoms with E-state index in [1.807, 2.05) is 18.2 Å². The predicted molar refractivity (Wildman–Crippen MR) is 148 cm³/mol. The van der Waals surface area contributed by atoms with Crippen LogP contribution < -0.4 is 10.1 Å². The van der Waals surface area contributed by atoms with Gasteiger partial charge < -0.3 is 4.74 Å². The zero-order valence-electron chi connectivity index (χ0n) is 19.6. The number of carbonyl (C=O) groups is 2. The molecule has 0 bridgehead atoms. The predicted octanol–water partition coefficient (Wildman–Crippen LogP) is 4.55. The molecule has 1 saturated heterocycles. The first kappa shape index (κ1) is 24.6. The van der Waals surface area contributed by atoms with Crippen LogP contribution >= 0.6 is 35.3 Å². The molecule has 3 aromatic rings. The number of amides is 2. The van der Waals surface area contributed by atoms with Gasteiger partial charge in [0.25, 0.3) is 11.8 Å². The molecule has 1 aromatic heterocycles. The minimum Gasteiger partial charge on any atom is -0.484 e. The van der Waals surface area contributed by atoms with Crippen LogP contribution in [0, 0.1) is 0 Å². The minimum absolute atomic E-state index is 0.102. The Balaban J connectivity index is 1.12. The quantitative estimate of drug-likeness (QED) is 0.351. The number of ether oxygens (including phenoxy) is 1. The van der Waals surface area contributed by atoms with Crippen molar-refractivity contribution in [1.82, 2.24) is 14.8 Å². The molecule has 5 rings (SSSR count). The summed E-state index contributed by atoms with van der Waals surface area (Å²) in [4.78, 5) is 34.9. The van der Waals surface area contributed by atoms with E-state index >= 15 is 0 Å². The van der Waals surface area contributed by atoms with Gasteiger partial charge in [-0.3, -0.25) is 24.7 Å². The molecular weight excluding hydrogens is 513 g/mol. The first-order valence-electron chi connectivity index (χ1n) is 11.4. The fourth-order valence-corrected chi connectivity index (χ4v) is 6.19. The Bertz CT molecular complexity index is 1320. The molecule has 2 aliphatic heterocycles. The van der Waals surface area contributed by atoms with Crippen LogP contribution in [0.4, 0.5) is 5.13 Å². The number of nitrogens with zero attached hydrogens (tertiary/aromatic N) is 3. The molecule has 10 heteroatoms. The van der Waals surface area contributed by atoms with Gasteiger partial charge in [-0.05, 0) is 29.3 Å². The van der Waals surface area contributed by atoms with Crippen LogP contribution in [-0.4, -0.2) is 51.1 Å². The lowest BCUT2D eigenvalue weighted by Crippen LogP contribution is -2.29. The second-order valence-electron chi connectivity index (χ2n) is 8.48. The van der Waals surface area contributed by atoms with Gasteiger partial charge in [0.15, 0.2) is 11.7 Å². The molecule has 7 nitrogen and oxygen atoms in total. The Kier molecular flexibility index (Phi) is 7.47. The summed E-state index contributed by atoms with van der Waals surface area (Å²) < 4.78 is 6.18. The van der Waals surface area contributed by atoms with Gasteiger partial charge in [0, 0.05) is 38.0 Å². The third-order valence-electron chi connectivity index (χ3n) is 5.84. The van der Waals surface area contributed by atoms with E-state index in [1.165, 1.54) is 38.4 Å². The lowest BCUT2D eigenvalue weighted by Gasteiger charge is -2.25. The molecule has 0 spiro atoms. The summed E-state index contributed by atoms with van der Waals surface area (Å²) in [5.74, 6) is 0.216. The largest absolute Gasteiger partial charge is 0.484 e. The van der Waals surface area contributed by atoms with Crippen LogP contribution in [0.15, 0.2) is 59.5 Å². The lowest BCUT2D eigenvalue weighted by atomic mass is 10.1. The average molecular weight is 537 g/mol. The Hall–Kier alpha value is -3.05. The highest BCUT2D eigenvalue weighted by Gasteiger charge is 2.28. The van der Waals surface area contributed by atoms with E-state index in [-0.39, 0.29) is 18.4 Å². The SMILES string of the molecule is CN1C(=O)/C(=C/c2ccc(OCC(=O)Nc3nc4c(s3)CN(Cc3ccccc3)CC4)cc2)SC1=S. The number of carbonyl (C=O) groups excluding carboxylic acids is 2. The topological polar surface area (TPSA) is 74.8 Å². The number of rotatable bonds is 7. The van der Waals surface area contributed by atoms with E-state index in [2.05, 4.69) is 39.5 Å². The molecule has 0 unspecified atom stereocenters. The maximum absolute atomic E-state index is 12.5. The standard InChI is InChI=1S/C26H24N4O3S3/c1-29-24(32)21(36-26(29)34)13-17-7-9-19(10-8-17)33-16-23(31)28-25-27-20-11-12-30(15-22(20)35-25)14-18-5-3-2-4-6-18/h2-10,13H,11-12,14-16H2,1H3,(H,27,28,31)/b21-13-. The number of benzene rings is 2. The van der Waals surface area contributed by atoms with Crippen molar-refractivity contribution in [2.75, 3.05) is 25.5 Å². The number of aromatic nitrogens is 1. The molecule has 0 radical (unpaired) electrons. The van der Waals surface area contributed by atoms with Crippen LogP contribution in [0.5, 0.6) is 5.75 Å². The van der Waals surface area contributed by atoms with Gasteiger partial charge in [-0.25, -0.2) is 4.98 Å². The number of thioether (sulfide) groups is 1. The second-order valence-corrected chi connectivity index (χ2v) is 11.2. The summed E-state index contributed by atoms with van der Waals surface area (Å²) >= 11 is 7.97. The summed E-state index contributed by atoms with van der Waals surface area (Å²) in [6.07, 6.45) is 2.67. The van der Waals surface area contributed by atoms with Gasteiger partial charge in [0.2, 0.25) is 0 Å². The van der Waals surface area contributed by atoms with Crippen molar-refractivity contribution in [2.45, 2.75) is 19.5 Å². The zero-order chi connectivity index (χ0) is 25.1. The summed E-state index contributed by atoms with van der Waals surface area (Å²) in [6.45, 7) is 2.58. The molecule has 36 heavy (non-hydrogen) atoms. The molecule has 2 aromatic carbocycles. The molecule has 0 aliphatic carbocycles. The van der Waals surface area contributed by atoms with Crippen molar-refractivity contribution < 1.29 is 14.3 Å². The maximum atomic E-state index is 12.5. The van der Waals surface area contributed by atoms with Crippen molar-refractivity contribution in [3.8, 4) is 5.75 Å².